The average molecular weight is 349 g/mol. The van der Waals surface area contributed by atoms with E-state index in [1.54, 1.807) is 0 Å². The Balaban J connectivity index is 1.65. The number of nitrogens with zero attached hydrogens (tertiary/aromatic N) is 4. The first kappa shape index (κ1) is 17.2. The first-order chi connectivity index (χ1) is 12.6. The molecule has 0 aliphatic carbocycles. The lowest BCUT2D eigenvalue weighted by molar-refractivity contribution is 0.242. The summed E-state index contributed by atoms with van der Waals surface area (Å²) in [5.74, 6) is 0.863. The molecular formula is C21H27N5. The third kappa shape index (κ3) is 3.37. The second-order valence-corrected chi connectivity index (χ2v) is 7.55. The van der Waals surface area contributed by atoms with Crippen molar-refractivity contribution in [3.8, 4) is 0 Å². The van der Waals surface area contributed by atoms with Gasteiger partial charge in [-0.1, -0.05) is 12.1 Å². The van der Waals surface area contributed by atoms with Gasteiger partial charge in [0, 0.05) is 41.9 Å². The van der Waals surface area contributed by atoms with Crippen LogP contribution >= 0.6 is 0 Å². The van der Waals surface area contributed by atoms with E-state index in [2.05, 4.69) is 58.1 Å². The largest absolute Gasteiger partial charge is 0.361 e. The van der Waals surface area contributed by atoms with E-state index in [-0.39, 0.29) is 0 Å². The van der Waals surface area contributed by atoms with Crippen molar-refractivity contribution in [1.82, 2.24) is 24.8 Å². The van der Waals surface area contributed by atoms with E-state index in [1.165, 1.54) is 40.6 Å². The normalized spacial score (nSPS) is 18.2. The molecule has 26 heavy (non-hydrogen) atoms. The van der Waals surface area contributed by atoms with Crippen molar-refractivity contribution < 1.29 is 0 Å². The second kappa shape index (κ2) is 7.17. The Bertz CT molecular complexity index is 898. The number of likely N-dealkylation sites (tertiary alicyclic amines) is 1. The summed E-state index contributed by atoms with van der Waals surface area (Å²) in [4.78, 5) is 17.4. The van der Waals surface area contributed by atoms with Crippen molar-refractivity contribution in [2.75, 3.05) is 20.6 Å². The van der Waals surface area contributed by atoms with Gasteiger partial charge in [-0.2, -0.15) is 0 Å². The van der Waals surface area contributed by atoms with Gasteiger partial charge < -0.3 is 9.88 Å². The van der Waals surface area contributed by atoms with Gasteiger partial charge in [-0.3, -0.25) is 4.90 Å². The molecule has 136 valence electrons. The molecule has 1 aliphatic rings. The van der Waals surface area contributed by atoms with Crippen LogP contribution in [0.5, 0.6) is 0 Å². The van der Waals surface area contributed by atoms with Gasteiger partial charge in [0.15, 0.2) is 0 Å². The fourth-order valence-corrected chi connectivity index (χ4v) is 4.10. The molecule has 3 aromatic rings. The molecule has 3 heterocycles. The SMILES string of the molecule is Cc1ncc(CN(C)C)c(C2CCCN2Cc2cccc3[nH]ccc23)n1. The van der Waals surface area contributed by atoms with E-state index in [4.69, 9.17) is 4.98 Å². The standard InChI is InChI=1S/C21H27N5/c1-15-23-12-17(13-25(2)3)21(24-15)20-8-5-11-26(20)14-16-6-4-7-19-18(16)9-10-22-19/h4,6-7,9-10,12,20,22H,5,8,11,13-14H2,1-3H3. The van der Waals surface area contributed by atoms with E-state index >= 15 is 0 Å². The molecule has 0 saturated carbocycles. The Morgan fingerprint density at radius 1 is 1.23 bits per heavy atom. The molecule has 1 aromatic carbocycles. The second-order valence-electron chi connectivity index (χ2n) is 7.55. The molecule has 1 fully saturated rings. The molecule has 0 spiro atoms. The number of aryl methyl sites for hydroxylation is 1. The zero-order valence-corrected chi connectivity index (χ0v) is 15.9. The third-order valence-corrected chi connectivity index (χ3v) is 5.24. The number of nitrogens with one attached hydrogen (secondary N) is 1. The molecule has 0 bridgehead atoms. The van der Waals surface area contributed by atoms with E-state index < -0.39 is 0 Å². The minimum atomic E-state index is 0.376. The minimum Gasteiger partial charge on any atom is -0.361 e. The Hall–Kier alpha value is -2.24. The van der Waals surface area contributed by atoms with Crippen LogP contribution in [0.25, 0.3) is 10.9 Å². The summed E-state index contributed by atoms with van der Waals surface area (Å²) in [5, 5.41) is 1.32. The summed E-state index contributed by atoms with van der Waals surface area (Å²) in [7, 11) is 4.20. The monoisotopic (exact) mass is 349 g/mol. The smallest absolute Gasteiger partial charge is 0.125 e. The quantitative estimate of drug-likeness (QED) is 0.763. The summed E-state index contributed by atoms with van der Waals surface area (Å²) < 4.78 is 0. The fourth-order valence-electron chi connectivity index (χ4n) is 4.10. The van der Waals surface area contributed by atoms with Crippen molar-refractivity contribution in [2.45, 2.75) is 38.9 Å². The van der Waals surface area contributed by atoms with Crippen LogP contribution in [0.2, 0.25) is 0 Å². The highest BCUT2D eigenvalue weighted by atomic mass is 15.2. The predicted octanol–water partition coefficient (Wildman–Crippen LogP) is 3.67. The Morgan fingerprint density at radius 2 is 2.12 bits per heavy atom. The Morgan fingerprint density at radius 3 is 2.96 bits per heavy atom. The van der Waals surface area contributed by atoms with Crippen LogP contribution in [0.1, 0.15) is 41.5 Å². The first-order valence-corrected chi connectivity index (χ1v) is 9.38. The number of fused-ring (bicyclic) bond motifs is 1. The predicted molar refractivity (Wildman–Crippen MR) is 105 cm³/mol. The van der Waals surface area contributed by atoms with Crippen molar-refractivity contribution in [1.29, 1.82) is 0 Å². The van der Waals surface area contributed by atoms with Gasteiger partial charge in [-0.15, -0.1) is 0 Å². The number of benzene rings is 1. The molecule has 5 heteroatoms. The molecule has 4 rings (SSSR count). The molecule has 1 saturated heterocycles. The van der Waals surface area contributed by atoms with E-state index in [0.29, 0.717) is 6.04 Å². The number of rotatable bonds is 5. The minimum absolute atomic E-state index is 0.376. The highest BCUT2D eigenvalue weighted by Gasteiger charge is 2.29. The first-order valence-electron chi connectivity index (χ1n) is 9.38. The molecule has 0 radical (unpaired) electrons. The topological polar surface area (TPSA) is 48.1 Å². The Kier molecular flexibility index (Phi) is 4.74. The summed E-state index contributed by atoms with van der Waals surface area (Å²) in [5.41, 5.74) is 5.06. The van der Waals surface area contributed by atoms with Gasteiger partial charge >= 0.3 is 0 Å². The lowest BCUT2D eigenvalue weighted by Crippen LogP contribution is -2.26. The Labute approximate surface area is 155 Å². The molecule has 0 amide bonds. The maximum Gasteiger partial charge on any atom is 0.125 e. The number of hydrogen-bond donors (Lipinski definition) is 1. The van der Waals surface area contributed by atoms with Crippen LogP contribution in [0, 0.1) is 6.92 Å². The highest BCUT2D eigenvalue weighted by molar-refractivity contribution is 5.82. The molecular weight excluding hydrogens is 322 g/mol. The maximum absolute atomic E-state index is 4.87. The molecule has 1 aliphatic heterocycles. The van der Waals surface area contributed by atoms with Gasteiger partial charge in [-0.05, 0) is 58.1 Å². The summed E-state index contributed by atoms with van der Waals surface area (Å²) in [6.45, 7) is 4.95. The zero-order valence-electron chi connectivity index (χ0n) is 15.9. The van der Waals surface area contributed by atoms with Crippen LogP contribution in [0.15, 0.2) is 36.7 Å². The fraction of sp³-hybridized carbons (Fsp3) is 0.429. The van der Waals surface area contributed by atoms with Gasteiger partial charge in [0.2, 0.25) is 0 Å². The lowest BCUT2D eigenvalue weighted by Gasteiger charge is -2.27. The summed E-state index contributed by atoms with van der Waals surface area (Å²) in [6.07, 6.45) is 6.43. The average Bonchev–Trinajstić information content (AvgIpc) is 3.25. The van der Waals surface area contributed by atoms with Crippen molar-refractivity contribution in [2.24, 2.45) is 0 Å². The number of H-pyrrole nitrogens is 1. The van der Waals surface area contributed by atoms with E-state index in [9.17, 15) is 0 Å². The number of aromatic nitrogens is 3. The van der Waals surface area contributed by atoms with Crippen LogP contribution in [0.4, 0.5) is 0 Å². The number of aromatic amines is 1. The summed E-state index contributed by atoms with van der Waals surface area (Å²) in [6, 6.07) is 9.09. The van der Waals surface area contributed by atoms with E-state index in [1.807, 2.05) is 19.3 Å². The third-order valence-electron chi connectivity index (χ3n) is 5.24. The van der Waals surface area contributed by atoms with Gasteiger partial charge in [0.25, 0.3) is 0 Å². The molecule has 1 atom stereocenters. The zero-order chi connectivity index (χ0) is 18.1. The van der Waals surface area contributed by atoms with Gasteiger partial charge in [0.1, 0.15) is 5.82 Å². The molecule has 1 N–H and O–H groups in total. The van der Waals surface area contributed by atoms with Crippen LogP contribution in [-0.4, -0.2) is 45.4 Å². The van der Waals surface area contributed by atoms with Gasteiger partial charge in [-0.25, -0.2) is 9.97 Å². The van der Waals surface area contributed by atoms with Crippen molar-refractivity contribution in [3.05, 3.63) is 59.3 Å². The van der Waals surface area contributed by atoms with Crippen LogP contribution < -0.4 is 0 Å². The van der Waals surface area contributed by atoms with Crippen molar-refractivity contribution >= 4 is 10.9 Å². The molecule has 2 aromatic heterocycles. The summed E-state index contributed by atoms with van der Waals surface area (Å²) >= 11 is 0. The molecule has 1 unspecified atom stereocenters. The van der Waals surface area contributed by atoms with Crippen molar-refractivity contribution in [3.63, 3.8) is 0 Å². The lowest BCUT2D eigenvalue weighted by atomic mass is 10.0. The number of hydrogen-bond acceptors (Lipinski definition) is 4. The maximum atomic E-state index is 4.87. The van der Waals surface area contributed by atoms with Crippen LogP contribution in [0.3, 0.4) is 0 Å². The van der Waals surface area contributed by atoms with Crippen LogP contribution in [-0.2, 0) is 13.1 Å². The van der Waals surface area contributed by atoms with E-state index in [0.717, 1.165) is 25.5 Å². The molecule has 5 nitrogen and oxygen atoms in total. The highest BCUT2D eigenvalue weighted by Crippen LogP contribution is 2.35. The van der Waals surface area contributed by atoms with Gasteiger partial charge in [0.05, 0.1) is 11.7 Å².